The second-order valence-electron chi connectivity index (χ2n) is 6.78. The predicted molar refractivity (Wildman–Crippen MR) is 105 cm³/mol. The largest absolute Gasteiger partial charge is 0.454 e. The molecule has 0 spiro atoms. The van der Waals surface area contributed by atoms with E-state index in [0.29, 0.717) is 28.4 Å². The van der Waals surface area contributed by atoms with Crippen molar-refractivity contribution in [2.45, 2.75) is 20.3 Å². The number of carbonyl (C=O) groups is 2. The Bertz CT molecular complexity index is 1120. The highest BCUT2D eigenvalue weighted by Gasteiger charge is 2.18. The maximum atomic E-state index is 13.2. The number of benzene rings is 2. The molecule has 2 heterocycles. The van der Waals surface area contributed by atoms with Gasteiger partial charge in [-0.2, -0.15) is 5.10 Å². The summed E-state index contributed by atoms with van der Waals surface area (Å²) in [6, 6.07) is 10.7. The van der Waals surface area contributed by atoms with E-state index >= 15 is 0 Å². The van der Waals surface area contributed by atoms with Gasteiger partial charge in [0, 0.05) is 16.8 Å². The molecule has 9 heteroatoms. The molecule has 0 bridgehead atoms. The zero-order valence-corrected chi connectivity index (χ0v) is 16.4. The van der Waals surface area contributed by atoms with Gasteiger partial charge in [0.1, 0.15) is 5.82 Å². The lowest BCUT2D eigenvalue weighted by Gasteiger charge is -2.09. The molecule has 0 saturated carbocycles. The van der Waals surface area contributed by atoms with Gasteiger partial charge < -0.3 is 9.47 Å². The smallest absolute Gasteiger partial charge is 0.269 e. The minimum absolute atomic E-state index is 0.0281. The van der Waals surface area contributed by atoms with E-state index in [2.05, 4.69) is 16.0 Å². The Hall–Kier alpha value is -3.88. The van der Waals surface area contributed by atoms with E-state index in [4.69, 9.17) is 9.47 Å². The third-order valence-corrected chi connectivity index (χ3v) is 4.80. The molecule has 2 aromatic carbocycles. The number of hydrogen-bond acceptors (Lipinski definition) is 5. The number of rotatable bonds is 4. The number of amides is 2. The van der Waals surface area contributed by atoms with E-state index in [1.54, 1.807) is 41.9 Å². The topological polar surface area (TPSA) is 94.5 Å². The predicted octanol–water partition coefficient (Wildman–Crippen LogP) is 2.36. The quantitative estimate of drug-likeness (QED) is 0.644. The van der Waals surface area contributed by atoms with Crippen LogP contribution in [0.2, 0.25) is 0 Å². The SMILES string of the molecule is Cc1nn(-c2ccc(F)cc2)c(C)c1CC(=O)NNC(=O)c1ccc2c(c1)OCO2. The number of aryl methyl sites for hydroxylation is 1. The van der Waals surface area contributed by atoms with E-state index < -0.39 is 11.8 Å². The molecule has 30 heavy (non-hydrogen) atoms. The third kappa shape index (κ3) is 3.82. The van der Waals surface area contributed by atoms with Crippen LogP contribution in [0.4, 0.5) is 4.39 Å². The highest BCUT2D eigenvalue weighted by atomic mass is 19.1. The normalized spacial score (nSPS) is 12.0. The molecule has 1 aliphatic heterocycles. The molecule has 2 N–H and O–H groups in total. The summed E-state index contributed by atoms with van der Waals surface area (Å²) in [5.74, 6) is -0.155. The summed E-state index contributed by atoms with van der Waals surface area (Å²) in [4.78, 5) is 24.7. The zero-order chi connectivity index (χ0) is 21.3. The van der Waals surface area contributed by atoms with Gasteiger partial charge in [-0.05, 0) is 56.3 Å². The number of fused-ring (bicyclic) bond motifs is 1. The van der Waals surface area contributed by atoms with Crippen LogP contribution in [0.25, 0.3) is 5.69 Å². The van der Waals surface area contributed by atoms with E-state index in [1.165, 1.54) is 12.1 Å². The summed E-state index contributed by atoms with van der Waals surface area (Å²) in [6.07, 6.45) is 0.0281. The standard InChI is InChI=1S/C21H19FN4O4/c1-12-17(13(2)26(25-12)16-6-4-15(22)5-7-16)10-20(27)23-24-21(28)14-3-8-18-19(9-14)30-11-29-18/h3-9H,10-11H2,1-2H3,(H,23,27)(H,24,28). The molecule has 0 saturated heterocycles. The lowest BCUT2D eigenvalue weighted by atomic mass is 10.1. The molecule has 2 amide bonds. The van der Waals surface area contributed by atoms with Crippen molar-refractivity contribution in [1.29, 1.82) is 0 Å². The van der Waals surface area contributed by atoms with Gasteiger partial charge in [-0.3, -0.25) is 20.4 Å². The molecule has 0 fully saturated rings. The van der Waals surface area contributed by atoms with Crippen molar-refractivity contribution in [3.63, 3.8) is 0 Å². The molecular weight excluding hydrogens is 391 g/mol. The van der Waals surface area contributed by atoms with Gasteiger partial charge in [-0.25, -0.2) is 9.07 Å². The summed E-state index contributed by atoms with van der Waals surface area (Å²) in [5, 5.41) is 4.44. The van der Waals surface area contributed by atoms with E-state index in [0.717, 1.165) is 11.3 Å². The number of ether oxygens (including phenoxy) is 2. The van der Waals surface area contributed by atoms with Crippen LogP contribution in [-0.2, 0) is 11.2 Å². The monoisotopic (exact) mass is 410 g/mol. The average Bonchev–Trinajstić information content (AvgIpc) is 3.32. The Balaban J connectivity index is 1.40. The number of aromatic nitrogens is 2. The minimum atomic E-state index is -0.475. The molecule has 0 radical (unpaired) electrons. The Labute approximate surface area is 171 Å². The van der Waals surface area contributed by atoms with Crippen molar-refractivity contribution in [2.75, 3.05) is 6.79 Å². The lowest BCUT2D eigenvalue weighted by molar-refractivity contribution is -0.121. The van der Waals surface area contributed by atoms with Crippen LogP contribution in [-0.4, -0.2) is 28.4 Å². The fraction of sp³-hybridized carbons (Fsp3) is 0.190. The molecule has 0 unspecified atom stereocenters. The fourth-order valence-electron chi connectivity index (χ4n) is 3.21. The average molecular weight is 410 g/mol. The lowest BCUT2D eigenvalue weighted by Crippen LogP contribution is -2.42. The maximum absolute atomic E-state index is 13.2. The first-order chi connectivity index (χ1) is 14.4. The van der Waals surface area contributed by atoms with E-state index in [1.807, 2.05) is 6.92 Å². The number of nitrogens with one attached hydrogen (secondary N) is 2. The number of carbonyl (C=O) groups excluding carboxylic acids is 2. The number of hydrogen-bond donors (Lipinski definition) is 2. The van der Waals surface area contributed by atoms with Gasteiger partial charge in [-0.1, -0.05) is 0 Å². The molecule has 1 aromatic heterocycles. The Morgan fingerprint density at radius 1 is 1.07 bits per heavy atom. The summed E-state index contributed by atoms with van der Waals surface area (Å²) in [7, 11) is 0. The second kappa shape index (κ2) is 7.86. The van der Waals surface area contributed by atoms with Crippen LogP contribution in [0.15, 0.2) is 42.5 Å². The minimum Gasteiger partial charge on any atom is -0.454 e. The van der Waals surface area contributed by atoms with E-state index in [-0.39, 0.29) is 19.0 Å². The van der Waals surface area contributed by atoms with Crippen molar-refractivity contribution in [3.05, 3.63) is 70.8 Å². The van der Waals surface area contributed by atoms with Gasteiger partial charge in [0.2, 0.25) is 12.7 Å². The van der Waals surface area contributed by atoms with Gasteiger partial charge in [0.25, 0.3) is 5.91 Å². The van der Waals surface area contributed by atoms with Gasteiger partial charge in [-0.15, -0.1) is 0 Å². The molecular formula is C21H19FN4O4. The first kappa shape index (κ1) is 19.4. The molecule has 4 rings (SSSR count). The Kier molecular flexibility index (Phi) is 5.09. The second-order valence-corrected chi connectivity index (χ2v) is 6.78. The Morgan fingerprint density at radius 2 is 1.80 bits per heavy atom. The first-order valence-electron chi connectivity index (χ1n) is 9.22. The van der Waals surface area contributed by atoms with Crippen molar-refractivity contribution in [1.82, 2.24) is 20.6 Å². The van der Waals surface area contributed by atoms with Gasteiger partial charge >= 0.3 is 0 Å². The number of hydrazine groups is 1. The maximum Gasteiger partial charge on any atom is 0.269 e. The van der Waals surface area contributed by atoms with Crippen LogP contribution in [0.1, 0.15) is 27.3 Å². The zero-order valence-electron chi connectivity index (χ0n) is 16.4. The van der Waals surface area contributed by atoms with Crippen LogP contribution < -0.4 is 20.3 Å². The molecule has 154 valence electrons. The van der Waals surface area contributed by atoms with Crippen molar-refractivity contribution >= 4 is 11.8 Å². The summed E-state index contributed by atoms with van der Waals surface area (Å²) in [6.45, 7) is 3.74. The van der Waals surface area contributed by atoms with Crippen LogP contribution >= 0.6 is 0 Å². The number of nitrogens with zero attached hydrogens (tertiary/aromatic N) is 2. The molecule has 3 aromatic rings. The third-order valence-electron chi connectivity index (χ3n) is 4.80. The summed E-state index contributed by atoms with van der Waals surface area (Å²) >= 11 is 0. The van der Waals surface area contributed by atoms with Crippen LogP contribution in [0.5, 0.6) is 11.5 Å². The highest BCUT2D eigenvalue weighted by Crippen LogP contribution is 2.32. The van der Waals surface area contributed by atoms with Crippen LogP contribution in [0, 0.1) is 19.7 Å². The van der Waals surface area contributed by atoms with Gasteiger partial charge in [0.15, 0.2) is 11.5 Å². The van der Waals surface area contributed by atoms with Crippen molar-refractivity contribution in [2.24, 2.45) is 0 Å². The highest BCUT2D eigenvalue weighted by molar-refractivity contribution is 5.96. The van der Waals surface area contributed by atoms with E-state index in [9.17, 15) is 14.0 Å². The van der Waals surface area contributed by atoms with Crippen molar-refractivity contribution < 1.29 is 23.5 Å². The molecule has 0 atom stereocenters. The van der Waals surface area contributed by atoms with Crippen molar-refractivity contribution in [3.8, 4) is 17.2 Å². The van der Waals surface area contributed by atoms with Crippen LogP contribution in [0.3, 0.4) is 0 Å². The molecule has 1 aliphatic rings. The summed E-state index contributed by atoms with van der Waals surface area (Å²) < 4.78 is 25.3. The fourth-order valence-corrected chi connectivity index (χ4v) is 3.21. The first-order valence-corrected chi connectivity index (χ1v) is 9.22. The summed E-state index contributed by atoms with van der Waals surface area (Å²) in [5.41, 5.74) is 7.99. The Morgan fingerprint density at radius 3 is 2.57 bits per heavy atom. The molecule has 8 nitrogen and oxygen atoms in total. The number of halogens is 1. The molecule has 0 aliphatic carbocycles. The van der Waals surface area contributed by atoms with Gasteiger partial charge in [0.05, 0.1) is 17.8 Å².